The summed E-state index contributed by atoms with van der Waals surface area (Å²) < 4.78 is 1.10. The minimum Gasteiger partial charge on any atom is -0.298 e. The van der Waals surface area contributed by atoms with Crippen molar-refractivity contribution < 1.29 is 4.79 Å². The van der Waals surface area contributed by atoms with Crippen molar-refractivity contribution in [1.29, 1.82) is 0 Å². The molecule has 4 nitrogen and oxygen atoms in total. The zero-order valence-corrected chi connectivity index (χ0v) is 14.3. The first-order valence-corrected chi connectivity index (χ1v) is 7.93. The summed E-state index contributed by atoms with van der Waals surface area (Å²) in [6.07, 6.45) is 0.492. The Bertz CT molecular complexity index is 962. The van der Waals surface area contributed by atoms with Gasteiger partial charge in [-0.2, -0.15) is 9.78 Å². The van der Waals surface area contributed by atoms with Gasteiger partial charge in [-0.15, -0.1) is 0 Å². The molecule has 3 aromatic rings. The second kappa shape index (κ2) is 6.77. The molecule has 0 aliphatic rings. The smallest absolute Gasteiger partial charge is 0.282 e. The Morgan fingerprint density at radius 3 is 2.08 bits per heavy atom. The summed E-state index contributed by atoms with van der Waals surface area (Å²) in [7, 11) is 0. The second-order valence-electron chi connectivity index (χ2n) is 4.95. The van der Waals surface area contributed by atoms with E-state index >= 15 is 0 Å². The van der Waals surface area contributed by atoms with Crippen LogP contribution in [-0.2, 0) is 0 Å². The van der Waals surface area contributed by atoms with Gasteiger partial charge in [-0.05, 0) is 36.4 Å². The Morgan fingerprint density at radius 1 is 0.875 bits per heavy atom. The molecule has 1 heterocycles. The van der Waals surface area contributed by atoms with Gasteiger partial charge in [0, 0.05) is 20.6 Å². The lowest BCUT2D eigenvalue weighted by Gasteiger charge is -2.10. The molecule has 1 aromatic heterocycles. The number of aromatic nitrogens is 2. The van der Waals surface area contributed by atoms with Gasteiger partial charge in [0.05, 0.1) is 16.9 Å². The van der Waals surface area contributed by atoms with E-state index in [2.05, 4.69) is 5.10 Å². The van der Waals surface area contributed by atoms with Crippen LogP contribution in [0.2, 0.25) is 15.1 Å². The highest BCUT2D eigenvalue weighted by atomic mass is 35.5. The number of carbonyl (C=O) groups is 1. The van der Waals surface area contributed by atoms with E-state index in [1.54, 1.807) is 42.5 Å². The average molecular weight is 380 g/mol. The summed E-state index contributed by atoms with van der Waals surface area (Å²) in [6.45, 7) is 0. The lowest BCUT2D eigenvalue weighted by molar-refractivity contribution is 0.112. The minimum absolute atomic E-state index is 0.0222. The van der Waals surface area contributed by atoms with Gasteiger partial charge in [0.15, 0.2) is 6.29 Å². The average Bonchev–Trinajstić information content (AvgIpc) is 2.55. The molecule has 0 unspecified atom stereocenters. The number of halogens is 3. The lowest BCUT2D eigenvalue weighted by Crippen LogP contribution is -2.25. The van der Waals surface area contributed by atoms with Gasteiger partial charge in [0.25, 0.3) is 5.56 Å². The van der Waals surface area contributed by atoms with Gasteiger partial charge in [-0.3, -0.25) is 9.59 Å². The summed E-state index contributed by atoms with van der Waals surface area (Å²) >= 11 is 17.9. The van der Waals surface area contributed by atoms with Crippen LogP contribution < -0.4 is 5.56 Å². The largest absolute Gasteiger partial charge is 0.298 e. The van der Waals surface area contributed by atoms with Crippen LogP contribution in [0.5, 0.6) is 0 Å². The zero-order valence-electron chi connectivity index (χ0n) is 12.0. The van der Waals surface area contributed by atoms with Crippen LogP contribution in [0, 0.1) is 0 Å². The predicted molar refractivity (Wildman–Crippen MR) is 95.7 cm³/mol. The number of aldehydes is 1. The Morgan fingerprint density at radius 2 is 1.50 bits per heavy atom. The quantitative estimate of drug-likeness (QED) is 0.621. The fraction of sp³-hybridized carbons (Fsp3) is 0. The Kier molecular flexibility index (Phi) is 4.71. The van der Waals surface area contributed by atoms with E-state index in [-0.39, 0.29) is 5.56 Å². The first kappa shape index (κ1) is 16.7. The van der Waals surface area contributed by atoms with E-state index < -0.39 is 5.56 Å². The second-order valence-corrected chi connectivity index (χ2v) is 6.26. The van der Waals surface area contributed by atoms with E-state index in [4.69, 9.17) is 34.8 Å². The number of carbonyl (C=O) groups excluding carboxylic acids is 1. The van der Waals surface area contributed by atoms with Gasteiger partial charge in [-0.25, -0.2) is 0 Å². The maximum atomic E-state index is 12.4. The van der Waals surface area contributed by atoms with Crippen molar-refractivity contribution in [2.75, 3.05) is 0 Å². The van der Waals surface area contributed by atoms with E-state index in [9.17, 15) is 9.59 Å². The molecular weight excluding hydrogens is 371 g/mol. The van der Waals surface area contributed by atoms with Gasteiger partial charge in [0.2, 0.25) is 0 Å². The third-order valence-corrected chi connectivity index (χ3v) is 3.99. The molecule has 0 saturated heterocycles. The monoisotopic (exact) mass is 378 g/mol. The normalized spacial score (nSPS) is 10.6. The fourth-order valence-electron chi connectivity index (χ4n) is 2.20. The van der Waals surface area contributed by atoms with Crippen molar-refractivity contribution in [1.82, 2.24) is 9.78 Å². The molecule has 0 amide bonds. The highest BCUT2D eigenvalue weighted by Crippen LogP contribution is 2.23. The van der Waals surface area contributed by atoms with Crippen molar-refractivity contribution in [3.8, 4) is 16.9 Å². The number of benzene rings is 2. The third-order valence-electron chi connectivity index (χ3n) is 3.30. The summed E-state index contributed by atoms with van der Waals surface area (Å²) in [4.78, 5) is 23.7. The van der Waals surface area contributed by atoms with E-state index in [0.29, 0.717) is 38.3 Å². The predicted octanol–water partition coefficient (Wildman–Crippen LogP) is 4.67. The van der Waals surface area contributed by atoms with E-state index in [0.717, 1.165) is 4.68 Å². The molecule has 7 heteroatoms. The molecule has 24 heavy (non-hydrogen) atoms. The Hall–Kier alpha value is -2.14. The molecule has 0 saturated carbocycles. The fourth-order valence-corrected chi connectivity index (χ4v) is 2.84. The SMILES string of the molecule is O=Cc1cc(-c2ccc(Cl)cc2)nn(-c2cc(Cl)cc(Cl)c2)c1=O. The Balaban J connectivity index is 2.25. The summed E-state index contributed by atoms with van der Waals surface area (Å²) in [6, 6.07) is 13.0. The first-order chi connectivity index (χ1) is 11.5. The van der Waals surface area contributed by atoms with Crippen LogP contribution in [-0.4, -0.2) is 16.1 Å². The molecule has 3 rings (SSSR count). The molecule has 0 atom stereocenters. The maximum absolute atomic E-state index is 12.4. The number of hydrogen-bond acceptors (Lipinski definition) is 3. The van der Waals surface area contributed by atoms with Crippen molar-refractivity contribution in [2.45, 2.75) is 0 Å². The van der Waals surface area contributed by atoms with Crippen molar-refractivity contribution in [2.24, 2.45) is 0 Å². The summed E-state index contributed by atoms with van der Waals surface area (Å²) in [5, 5.41) is 5.61. The van der Waals surface area contributed by atoms with Crippen LogP contribution in [0.3, 0.4) is 0 Å². The maximum Gasteiger partial charge on any atom is 0.282 e. The third kappa shape index (κ3) is 3.36. The standard InChI is InChI=1S/C17H9Cl3N2O2/c18-12-3-1-10(2-4-12)16-5-11(9-23)17(24)22(21-16)15-7-13(19)6-14(20)8-15/h1-9H. The highest BCUT2D eigenvalue weighted by molar-refractivity contribution is 6.34. The van der Waals surface area contributed by atoms with Crippen LogP contribution >= 0.6 is 34.8 Å². The van der Waals surface area contributed by atoms with Crippen molar-refractivity contribution in [3.05, 3.63) is 79.5 Å². The number of nitrogens with zero attached hydrogens (tertiary/aromatic N) is 2. The number of rotatable bonds is 3. The molecule has 0 aliphatic heterocycles. The summed E-state index contributed by atoms with van der Waals surface area (Å²) in [5.74, 6) is 0. The molecule has 0 bridgehead atoms. The molecule has 120 valence electrons. The zero-order chi connectivity index (χ0) is 17.3. The molecule has 0 fully saturated rings. The minimum atomic E-state index is -0.555. The highest BCUT2D eigenvalue weighted by Gasteiger charge is 2.12. The van der Waals surface area contributed by atoms with Crippen molar-refractivity contribution >= 4 is 41.1 Å². The lowest BCUT2D eigenvalue weighted by atomic mass is 10.1. The molecule has 2 aromatic carbocycles. The Labute approximate surface area is 152 Å². The van der Waals surface area contributed by atoms with Crippen LogP contribution in [0.1, 0.15) is 10.4 Å². The summed E-state index contributed by atoms with van der Waals surface area (Å²) in [5.41, 5.74) is 0.956. The van der Waals surface area contributed by atoms with Gasteiger partial charge >= 0.3 is 0 Å². The van der Waals surface area contributed by atoms with Gasteiger partial charge in [-0.1, -0.05) is 46.9 Å². The van der Waals surface area contributed by atoms with Gasteiger partial charge in [0.1, 0.15) is 0 Å². The molecular formula is C17H9Cl3N2O2. The molecule has 0 radical (unpaired) electrons. The molecule has 0 spiro atoms. The van der Waals surface area contributed by atoms with Gasteiger partial charge < -0.3 is 0 Å². The molecule has 0 aliphatic carbocycles. The number of hydrogen-bond donors (Lipinski definition) is 0. The van der Waals surface area contributed by atoms with Crippen molar-refractivity contribution in [3.63, 3.8) is 0 Å². The van der Waals surface area contributed by atoms with Crippen LogP contribution in [0.15, 0.2) is 53.3 Å². The van der Waals surface area contributed by atoms with Crippen LogP contribution in [0.4, 0.5) is 0 Å². The first-order valence-electron chi connectivity index (χ1n) is 6.80. The van der Waals surface area contributed by atoms with E-state index in [1.807, 2.05) is 0 Å². The molecule has 0 N–H and O–H groups in total. The topological polar surface area (TPSA) is 52.0 Å². The van der Waals surface area contributed by atoms with Crippen LogP contribution in [0.25, 0.3) is 16.9 Å². The van der Waals surface area contributed by atoms with E-state index in [1.165, 1.54) is 6.07 Å².